The number of imidazole rings is 1. The molecule has 0 bridgehead atoms. The lowest BCUT2D eigenvalue weighted by Crippen LogP contribution is -2.56. The highest BCUT2D eigenvalue weighted by Crippen LogP contribution is 2.41. The van der Waals surface area contributed by atoms with Gasteiger partial charge in [0.05, 0.1) is 23.6 Å². The van der Waals surface area contributed by atoms with Gasteiger partial charge in [-0.1, -0.05) is 6.07 Å². The quantitative estimate of drug-likeness (QED) is 0.325. The number of piperidine rings is 1. The van der Waals surface area contributed by atoms with Crippen LogP contribution in [0, 0.1) is 0 Å². The zero-order valence-electron chi connectivity index (χ0n) is 25.0. The first-order valence-corrected chi connectivity index (χ1v) is 14.3. The summed E-state index contributed by atoms with van der Waals surface area (Å²) in [5.41, 5.74) is 2.42. The minimum atomic E-state index is -5.08. The highest BCUT2D eigenvalue weighted by Gasteiger charge is 2.46. The van der Waals surface area contributed by atoms with Crippen molar-refractivity contribution in [2.24, 2.45) is 7.05 Å². The Bertz CT molecular complexity index is 1450. The molecule has 22 heteroatoms. The molecular formula is C26H29F9N6O6S. The maximum Gasteiger partial charge on any atom is 0.490 e. The number of alkyl halides is 9. The van der Waals surface area contributed by atoms with Crippen LogP contribution in [0.5, 0.6) is 0 Å². The predicted octanol–water partition coefficient (Wildman–Crippen LogP) is 4.68. The molecule has 3 N–H and O–H groups in total. The molecule has 1 fully saturated rings. The summed E-state index contributed by atoms with van der Waals surface area (Å²) in [5.74, 6) is -7.03. The number of likely N-dealkylation sites (N-methyl/N-ethyl adjacent to an activating group) is 1. The largest absolute Gasteiger partial charge is 0.490 e. The van der Waals surface area contributed by atoms with Crippen molar-refractivity contribution in [1.82, 2.24) is 29.1 Å². The molecule has 1 spiro atoms. The predicted molar refractivity (Wildman–Crippen MR) is 149 cm³/mol. The van der Waals surface area contributed by atoms with Crippen molar-refractivity contribution < 1.29 is 69.2 Å². The summed E-state index contributed by atoms with van der Waals surface area (Å²) in [4.78, 5) is 38.2. The van der Waals surface area contributed by atoms with Crippen LogP contribution in [0.15, 0.2) is 36.1 Å². The Morgan fingerprint density at radius 3 is 1.73 bits per heavy atom. The molecule has 3 aromatic heterocycles. The number of carboxylic acids is 3. The van der Waals surface area contributed by atoms with Gasteiger partial charge in [0, 0.05) is 56.4 Å². The molecule has 0 aromatic carbocycles. The van der Waals surface area contributed by atoms with E-state index in [9.17, 15) is 39.5 Å². The number of carboxylic acid groups (broad SMARTS) is 3. The lowest BCUT2D eigenvalue weighted by molar-refractivity contribution is -0.193. The number of nitrogens with zero attached hydrogens (tertiary/aromatic N) is 6. The van der Waals surface area contributed by atoms with Gasteiger partial charge in [0.2, 0.25) is 0 Å². The van der Waals surface area contributed by atoms with Gasteiger partial charge in [0.15, 0.2) is 0 Å². The third kappa shape index (κ3) is 10.9. The molecule has 0 saturated carbocycles. The van der Waals surface area contributed by atoms with Gasteiger partial charge in [0.25, 0.3) is 0 Å². The molecule has 0 unspecified atom stereocenters. The summed E-state index contributed by atoms with van der Waals surface area (Å²) in [7, 11) is 4.24. The Balaban J connectivity index is 0.000000313. The van der Waals surface area contributed by atoms with Gasteiger partial charge in [-0.2, -0.15) is 44.6 Å². The van der Waals surface area contributed by atoms with E-state index in [2.05, 4.69) is 50.2 Å². The maximum absolute atomic E-state index is 10.6. The first-order chi connectivity index (χ1) is 22.0. The third-order valence-corrected chi connectivity index (χ3v) is 7.89. The number of halogens is 9. The number of carbonyl (C=O) groups is 3. The molecule has 0 atom stereocenters. The van der Waals surface area contributed by atoms with Gasteiger partial charge >= 0.3 is 36.4 Å². The topological polar surface area (TPSA) is 154 Å². The molecule has 3 aromatic rings. The van der Waals surface area contributed by atoms with Crippen molar-refractivity contribution in [2.45, 2.75) is 50.0 Å². The molecule has 1 saturated heterocycles. The number of fused-ring (bicyclic) bond motifs is 2. The minimum absolute atomic E-state index is 0.0602. The number of hydrogen-bond acceptors (Lipinski definition) is 8. The van der Waals surface area contributed by atoms with Crippen LogP contribution in [0.25, 0.3) is 11.3 Å². The summed E-state index contributed by atoms with van der Waals surface area (Å²) in [6.07, 6.45) is -6.90. The second-order valence-corrected chi connectivity index (χ2v) is 11.3. The van der Waals surface area contributed by atoms with Crippen molar-refractivity contribution >= 4 is 29.2 Å². The van der Waals surface area contributed by atoms with Crippen LogP contribution in [0.2, 0.25) is 0 Å². The monoisotopic (exact) mass is 724 g/mol. The summed E-state index contributed by atoms with van der Waals surface area (Å²) in [6.45, 7) is 5.39. The number of aliphatic carboxylic acids is 3. The molecule has 48 heavy (non-hydrogen) atoms. The van der Waals surface area contributed by atoms with Gasteiger partial charge < -0.3 is 19.9 Å². The summed E-state index contributed by atoms with van der Waals surface area (Å²) >= 11 is 1.86. The van der Waals surface area contributed by atoms with E-state index in [0.717, 1.165) is 51.1 Å². The summed E-state index contributed by atoms with van der Waals surface area (Å²) in [6, 6.07) is 4.39. The van der Waals surface area contributed by atoms with Crippen LogP contribution >= 0.6 is 11.3 Å². The fourth-order valence-electron chi connectivity index (χ4n) is 4.70. The Labute approximate surface area is 269 Å². The van der Waals surface area contributed by atoms with Crippen molar-refractivity contribution in [3.05, 3.63) is 46.8 Å². The van der Waals surface area contributed by atoms with Gasteiger partial charge in [0.1, 0.15) is 5.82 Å². The van der Waals surface area contributed by atoms with Gasteiger partial charge in [-0.05, 0) is 31.3 Å². The van der Waals surface area contributed by atoms with Crippen molar-refractivity contribution in [3.8, 4) is 11.3 Å². The number of rotatable bonds is 3. The van der Waals surface area contributed by atoms with Crippen LogP contribution in [0.3, 0.4) is 0 Å². The second kappa shape index (κ2) is 15.8. The first kappa shape index (κ1) is 40.0. The number of hydrogen-bond donors (Lipinski definition) is 3. The highest BCUT2D eigenvalue weighted by atomic mass is 32.1. The summed E-state index contributed by atoms with van der Waals surface area (Å²) < 4.78 is 99.5. The number of thiophene rings is 1. The van der Waals surface area contributed by atoms with E-state index in [-0.39, 0.29) is 5.54 Å². The third-order valence-electron chi connectivity index (χ3n) is 7.03. The molecule has 5 heterocycles. The zero-order chi connectivity index (χ0) is 36.7. The molecule has 0 aliphatic carbocycles. The standard InChI is InChI=1S/C20H26N6S.3C2HF3O2/c1-23-9-10-26-18(16-12-22-24(2)14-16)13-21-19(26)20(23)5-7-25(8-6-20)15-17-4-3-11-27-17;3*3-2(4,5)1(6)7/h3-4,11-14H,5-10,15H2,1-2H3;3*(H,6,7). The van der Waals surface area contributed by atoms with Crippen LogP contribution in [0.4, 0.5) is 39.5 Å². The van der Waals surface area contributed by atoms with E-state index in [1.165, 1.54) is 16.4 Å². The average Bonchev–Trinajstić information content (AvgIpc) is 3.73. The van der Waals surface area contributed by atoms with Crippen molar-refractivity contribution in [3.63, 3.8) is 0 Å². The molecule has 2 aliphatic heterocycles. The fraction of sp³-hybridized carbons (Fsp3) is 0.500. The van der Waals surface area contributed by atoms with Crippen LogP contribution in [-0.2, 0) is 40.1 Å². The van der Waals surface area contributed by atoms with Crippen molar-refractivity contribution in [2.75, 3.05) is 26.7 Å². The van der Waals surface area contributed by atoms with Crippen LogP contribution in [0.1, 0.15) is 23.5 Å². The lowest BCUT2D eigenvalue weighted by Gasteiger charge is -2.49. The fourth-order valence-corrected chi connectivity index (χ4v) is 5.45. The number of aryl methyl sites for hydroxylation is 1. The number of aromatic nitrogens is 4. The van der Waals surface area contributed by atoms with E-state index in [0.29, 0.717) is 0 Å². The molecule has 5 rings (SSSR count). The van der Waals surface area contributed by atoms with Gasteiger partial charge in [-0.15, -0.1) is 11.3 Å². The average molecular weight is 725 g/mol. The van der Waals surface area contributed by atoms with E-state index in [1.54, 1.807) is 0 Å². The molecule has 268 valence electrons. The Hall–Kier alpha value is -4.18. The SMILES string of the molecule is CN1CCn2c(-c3cnn(C)c3)cnc2C12CCN(Cc1cccs1)CC2.O=C(O)C(F)(F)F.O=C(O)C(F)(F)F.O=C(O)C(F)(F)F. The Morgan fingerprint density at radius 1 is 0.833 bits per heavy atom. The minimum Gasteiger partial charge on any atom is -0.475 e. The first-order valence-electron chi connectivity index (χ1n) is 13.4. The van der Waals surface area contributed by atoms with Gasteiger partial charge in [-0.3, -0.25) is 14.5 Å². The highest BCUT2D eigenvalue weighted by molar-refractivity contribution is 7.09. The van der Waals surface area contributed by atoms with E-state index in [1.807, 2.05) is 35.5 Å². The maximum atomic E-state index is 10.6. The Kier molecular flexibility index (Phi) is 13.2. The smallest absolute Gasteiger partial charge is 0.475 e. The second-order valence-electron chi connectivity index (χ2n) is 10.2. The van der Waals surface area contributed by atoms with E-state index in [4.69, 9.17) is 34.7 Å². The Morgan fingerprint density at radius 2 is 1.33 bits per heavy atom. The molecule has 0 amide bonds. The summed E-state index contributed by atoms with van der Waals surface area (Å²) in [5, 5.41) is 27.9. The van der Waals surface area contributed by atoms with Crippen LogP contribution in [-0.4, -0.2) is 108 Å². The lowest BCUT2D eigenvalue weighted by atomic mass is 9.83. The van der Waals surface area contributed by atoms with E-state index >= 15 is 0 Å². The van der Waals surface area contributed by atoms with E-state index < -0.39 is 36.4 Å². The van der Waals surface area contributed by atoms with Gasteiger partial charge in [-0.25, -0.2) is 19.4 Å². The zero-order valence-corrected chi connectivity index (χ0v) is 25.8. The normalized spacial score (nSPS) is 16.3. The number of likely N-dealkylation sites (tertiary alicyclic amines) is 1. The molecule has 12 nitrogen and oxygen atoms in total. The van der Waals surface area contributed by atoms with Crippen LogP contribution < -0.4 is 0 Å². The molecular weight excluding hydrogens is 695 g/mol. The molecule has 2 aliphatic rings. The van der Waals surface area contributed by atoms with Crippen molar-refractivity contribution in [1.29, 1.82) is 0 Å². The molecule has 0 radical (unpaired) electrons.